The molecule has 1 aromatic rings. The lowest BCUT2D eigenvalue weighted by Gasteiger charge is -2.35. The zero-order valence-corrected chi connectivity index (χ0v) is 21.2. The Hall–Kier alpha value is -3.30. The Morgan fingerprint density at radius 2 is 1.60 bits per heavy atom. The van der Waals surface area contributed by atoms with Crippen molar-refractivity contribution < 1.29 is 33.8 Å². The van der Waals surface area contributed by atoms with Crippen LogP contribution in [0.5, 0.6) is 0 Å². The standard InChI is InChI=1S/C25H35N3O7/c1-24(2,3)19(26-22(32)35-25(4,5)6)20(29)28-14-17(11-18(28)21(30)31)34-23(33)27-12-15-9-7-8-10-16(15)13-27/h7-10,17-19H,11-14H2,1-6H3,(H,26,32)(H,30,31)/t17-,18+,19-/m1/s1. The van der Waals surface area contributed by atoms with Crippen LogP contribution in [-0.4, -0.2) is 69.3 Å². The van der Waals surface area contributed by atoms with Crippen LogP contribution in [0, 0.1) is 5.41 Å². The molecule has 0 aliphatic carbocycles. The Labute approximate surface area is 205 Å². The lowest BCUT2D eigenvalue weighted by molar-refractivity contribution is -0.150. The lowest BCUT2D eigenvalue weighted by atomic mass is 9.85. The third-order valence-electron chi connectivity index (χ3n) is 5.97. The molecule has 3 rings (SSSR count). The summed E-state index contributed by atoms with van der Waals surface area (Å²) in [6.45, 7) is 11.2. The molecule has 3 atom stereocenters. The Bertz CT molecular complexity index is 971. The van der Waals surface area contributed by atoms with Gasteiger partial charge in [0.2, 0.25) is 5.91 Å². The Morgan fingerprint density at radius 1 is 1.03 bits per heavy atom. The van der Waals surface area contributed by atoms with Crippen molar-refractivity contribution in [2.45, 2.75) is 84.8 Å². The molecule has 0 saturated carbocycles. The van der Waals surface area contributed by atoms with Crippen molar-refractivity contribution in [3.05, 3.63) is 35.4 Å². The van der Waals surface area contributed by atoms with E-state index in [9.17, 15) is 24.3 Å². The minimum absolute atomic E-state index is 0.0309. The largest absolute Gasteiger partial charge is 0.480 e. The summed E-state index contributed by atoms with van der Waals surface area (Å²) in [4.78, 5) is 53.4. The van der Waals surface area contributed by atoms with Crippen LogP contribution < -0.4 is 5.32 Å². The average Bonchev–Trinajstić information content (AvgIpc) is 3.33. The van der Waals surface area contributed by atoms with Gasteiger partial charge < -0.3 is 24.8 Å². The maximum absolute atomic E-state index is 13.5. The van der Waals surface area contributed by atoms with Crippen LogP contribution in [0.3, 0.4) is 0 Å². The monoisotopic (exact) mass is 489 g/mol. The summed E-state index contributed by atoms with van der Waals surface area (Å²) in [6, 6.07) is 5.49. The van der Waals surface area contributed by atoms with Gasteiger partial charge in [-0.1, -0.05) is 45.0 Å². The van der Waals surface area contributed by atoms with Crippen molar-refractivity contribution in [3.8, 4) is 0 Å². The maximum atomic E-state index is 13.5. The van der Waals surface area contributed by atoms with E-state index in [4.69, 9.17) is 9.47 Å². The molecule has 0 bridgehead atoms. The first-order valence-corrected chi connectivity index (χ1v) is 11.7. The van der Waals surface area contributed by atoms with Gasteiger partial charge in [-0.2, -0.15) is 0 Å². The highest BCUT2D eigenvalue weighted by Gasteiger charge is 2.46. The quantitative estimate of drug-likeness (QED) is 0.665. The number of amides is 3. The van der Waals surface area contributed by atoms with E-state index < -0.39 is 53.3 Å². The normalized spacial score (nSPS) is 20.7. The van der Waals surface area contributed by atoms with Gasteiger partial charge in [-0.25, -0.2) is 14.4 Å². The summed E-state index contributed by atoms with van der Waals surface area (Å²) >= 11 is 0. The fourth-order valence-corrected chi connectivity index (χ4v) is 4.28. The molecule has 1 fully saturated rings. The Morgan fingerprint density at radius 3 is 2.09 bits per heavy atom. The van der Waals surface area contributed by atoms with Gasteiger partial charge in [0.05, 0.1) is 6.54 Å². The zero-order chi connectivity index (χ0) is 26.1. The summed E-state index contributed by atoms with van der Waals surface area (Å²) in [5.74, 6) is -1.77. The number of carbonyl (C=O) groups is 4. The van der Waals surface area contributed by atoms with E-state index in [1.165, 1.54) is 4.90 Å². The van der Waals surface area contributed by atoms with Crippen molar-refractivity contribution in [3.63, 3.8) is 0 Å². The molecule has 2 aliphatic heterocycles. The van der Waals surface area contributed by atoms with E-state index in [1.807, 2.05) is 24.3 Å². The lowest BCUT2D eigenvalue weighted by Crippen LogP contribution is -2.57. The highest BCUT2D eigenvalue weighted by molar-refractivity contribution is 5.90. The van der Waals surface area contributed by atoms with Gasteiger partial charge >= 0.3 is 18.2 Å². The molecular weight excluding hydrogens is 454 g/mol. The summed E-state index contributed by atoms with van der Waals surface area (Å²) in [5, 5.41) is 12.4. The molecule has 0 spiro atoms. The molecule has 10 nitrogen and oxygen atoms in total. The number of ether oxygens (including phenoxy) is 2. The minimum atomic E-state index is -1.20. The molecule has 0 aromatic heterocycles. The molecule has 2 N–H and O–H groups in total. The second kappa shape index (κ2) is 9.75. The van der Waals surface area contributed by atoms with Crippen molar-refractivity contribution in [1.82, 2.24) is 15.1 Å². The number of hydrogen-bond donors (Lipinski definition) is 2. The number of carboxylic acids is 1. The first-order chi connectivity index (χ1) is 16.2. The van der Waals surface area contributed by atoms with Gasteiger partial charge in [0.15, 0.2) is 0 Å². The van der Waals surface area contributed by atoms with E-state index in [0.29, 0.717) is 13.1 Å². The number of fused-ring (bicyclic) bond motifs is 1. The number of nitrogens with one attached hydrogen (secondary N) is 1. The van der Waals surface area contributed by atoms with Crippen LogP contribution in [0.2, 0.25) is 0 Å². The van der Waals surface area contributed by atoms with E-state index in [-0.39, 0.29) is 13.0 Å². The molecule has 0 unspecified atom stereocenters. The number of rotatable bonds is 4. The number of aliphatic carboxylic acids is 1. The van der Waals surface area contributed by atoms with Gasteiger partial charge in [0, 0.05) is 19.5 Å². The topological polar surface area (TPSA) is 125 Å². The van der Waals surface area contributed by atoms with Crippen LogP contribution in [-0.2, 0) is 32.2 Å². The van der Waals surface area contributed by atoms with Gasteiger partial charge in [-0.15, -0.1) is 0 Å². The highest BCUT2D eigenvalue weighted by Crippen LogP contribution is 2.29. The molecule has 2 aliphatic rings. The van der Waals surface area contributed by atoms with Crippen LogP contribution in [0.25, 0.3) is 0 Å². The number of benzene rings is 1. The summed E-state index contributed by atoms with van der Waals surface area (Å²) in [7, 11) is 0. The Balaban J connectivity index is 1.70. The van der Waals surface area contributed by atoms with Gasteiger partial charge in [0.1, 0.15) is 23.8 Å². The van der Waals surface area contributed by atoms with Crippen LogP contribution >= 0.6 is 0 Å². The molecule has 192 valence electrons. The molecule has 2 heterocycles. The number of carbonyl (C=O) groups excluding carboxylic acids is 3. The number of alkyl carbamates (subject to hydrolysis) is 1. The summed E-state index contributed by atoms with van der Waals surface area (Å²) in [6.07, 6.45) is -2.13. The molecule has 10 heteroatoms. The number of carboxylic acid groups (broad SMARTS) is 1. The van der Waals surface area contributed by atoms with Crippen LogP contribution in [0.15, 0.2) is 24.3 Å². The fourth-order valence-electron chi connectivity index (χ4n) is 4.28. The van der Waals surface area contributed by atoms with Crippen molar-refractivity contribution >= 4 is 24.1 Å². The van der Waals surface area contributed by atoms with Crippen molar-refractivity contribution in [1.29, 1.82) is 0 Å². The molecular formula is C25H35N3O7. The first kappa shape index (κ1) is 26.3. The highest BCUT2D eigenvalue weighted by atomic mass is 16.6. The third kappa shape index (κ3) is 6.43. The minimum Gasteiger partial charge on any atom is -0.480 e. The number of nitrogens with zero attached hydrogens (tertiary/aromatic N) is 2. The van der Waals surface area contributed by atoms with Crippen LogP contribution in [0.4, 0.5) is 9.59 Å². The molecule has 3 amide bonds. The van der Waals surface area contributed by atoms with Gasteiger partial charge in [-0.05, 0) is 37.3 Å². The van der Waals surface area contributed by atoms with Crippen LogP contribution in [0.1, 0.15) is 59.1 Å². The third-order valence-corrected chi connectivity index (χ3v) is 5.97. The van der Waals surface area contributed by atoms with Crippen molar-refractivity contribution in [2.24, 2.45) is 5.41 Å². The molecule has 0 radical (unpaired) electrons. The number of hydrogen-bond acceptors (Lipinski definition) is 6. The fraction of sp³-hybridized carbons (Fsp3) is 0.600. The number of likely N-dealkylation sites (tertiary alicyclic amines) is 1. The molecule has 35 heavy (non-hydrogen) atoms. The van der Waals surface area contributed by atoms with E-state index in [0.717, 1.165) is 11.1 Å². The second-order valence-corrected chi connectivity index (χ2v) is 11.2. The van der Waals surface area contributed by atoms with E-state index in [1.54, 1.807) is 46.4 Å². The summed E-state index contributed by atoms with van der Waals surface area (Å²) < 4.78 is 10.9. The molecule has 1 saturated heterocycles. The SMILES string of the molecule is CC(C)(C)OC(=O)N[C@H](C(=O)N1C[C@H](OC(=O)N2Cc3ccccc3C2)C[C@H]1C(=O)O)C(C)(C)C. The smallest absolute Gasteiger partial charge is 0.410 e. The molecule has 1 aromatic carbocycles. The Kier molecular flexibility index (Phi) is 7.33. The summed E-state index contributed by atoms with van der Waals surface area (Å²) in [5.41, 5.74) is 0.587. The predicted octanol–water partition coefficient (Wildman–Crippen LogP) is 3.13. The van der Waals surface area contributed by atoms with Crippen molar-refractivity contribution in [2.75, 3.05) is 6.54 Å². The maximum Gasteiger partial charge on any atom is 0.410 e. The van der Waals surface area contributed by atoms with E-state index in [2.05, 4.69) is 5.32 Å². The predicted molar refractivity (Wildman–Crippen MR) is 126 cm³/mol. The second-order valence-electron chi connectivity index (χ2n) is 11.2. The first-order valence-electron chi connectivity index (χ1n) is 11.7. The van der Waals surface area contributed by atoms with Gasteiger partial charge in [0.25, 0.3) is 0 Å². The van der Waals surface area contributed by atoms with E-state index >= 15 is 0 Å². The van der Waals surface area contributed by atoms with Gasteiger partial charge in [-0.3, -0.25) is 9.69 Å². The zero-order valence-electron chi connectivity index (χ0n) is 21.2. The average molecular weight is 490 g/mol.